The van der Waals surface area contributed by atoms with E-state index in [1.54, 1.807) is 55.3 Å². The molecule has 1 heterocycles. The number of piperazine rings is 1. The summed E-state index contributed by atoms with van der Waals surface area (Å²) in [4.78, 5) is 28.7. The second kappa shape index (κ2) is 9.52. The number of aryl methyl sites for hydroxylation is 1. The molecule has 0 unspecified atom stereocenters. The number of amides is 2. The van der Waals surface area contributed by atoms with Gasteiger partial charge in [-0.3, -0.25) is 14.5 Å². The Morgan fingerprint density at radius 2 is 1.86 bits per heavy atom. The molecule has 1 saturated heterocycles. The van der Waals surface area contributed by atoms with Crippen LogP contribution in [0.1, 0.15) is 21.5 Å². The predicted molar refractivity (Wildman–Crippen MR) is 108 cm³/mol. The SMILES string of the molecule is COc1cccc(C(=O)N2CCN(CC(=O)NCc3ccc(F)c(C)c3)CC2)c1. The molecule has 0 bridgehead atoms. The van der Waals surface area contributed by atoms with E-state index in [9.17, 15) is 14.0 Å². The molecule has 0 atom stereocenters. The van der Waals surface area contributed by atoms with E-state index in [2.05, 4.69) is 5.32 Å². The first kappa shape index (κ1) is 20.8. The molecule has 1 aliphatic rings. The van der Waals surface area contributed by atoms with Crippen LogP contribution in [0, 0.1) is 12.7 Å². The fraction of sp³-hybridized carbons (Fsp3) is 0.364. The summed E-state index contributed by atoms with van der Waals surface area (Å²) in [6, 6.07) is 11.9. The summed E-state index contributed by atoms with van der Waals surface area (Å²) < 4.78 is 18.5. The first-order chi connectivity index (χ1) is 14.0. The van der Waals surface area contributed by atoms with Crippen molar-refractivity contribution in [2.45, 2.75) is 13.5 Å². The molecule has 0 radical (unpaired) electrons. The molecule has 1 fully saturated rings. The van der Waals surface area contributed by atoms with Gasteiger partial charge in [0.2, 0.25) is 5.91 Å². The monoisotopic (exact) mass is 399 g/mol. The predicted octanol–water partition coefficient (Wildman–Crippen LogP) is 2.22. The van der Waals surface area contributed by atoms with Crippen molar-refractivity contribution in [3.8, 4) is 5.75 Å². The van der Waals surface area contributed by atoms with Crippen molar-refractivity contribution >= 4 is 11.8 Å². The van der Waals surface area contributed by atoms with E-state index < -0.39 is 0 Å². The highest BCUT2D eigenvalue weighted by molar-refractivity contribution is 5.94. The van der Waals surface area contributed by atoms with Crippen LogP contribution in [-0.4, -0.2) is 61.4 Å². The van der Waals surface area contributed by atoms with Crippen LogP contribution in [0.25, 0.3) is 0 Å². The third-order valence-electron chi connectivity index (χ3n) is 5.06. The lowest BCUT2D eigenvalue weighted by molar-refractivity contribution is -0.122. The maximum atomic E-state index is 13.3. The molecule has 1 N–H and O–H groups in total. The number of halogens is 1. The number of ether oxygens (including phenoxy) is 1. The van der Waals surface area contributed by atoms with Gasteiger partial charge in [-0.25, -0.2) is 4.39 Å². The molecule has 29 heavy (non-hydrogen) atoms. The smallest absolute Gasteiger partial charge is 0.254 e. The Balaban J connectivity index is 1.44. The molecule has 1 aliphatic heterocycles. The molecule has 2 amide bonds. The maximum Gasteiger partial charge on any atom is 0.254 e. The molecule has 7 heteroatoms. The summed E-state index contributed by atoms with van der Waals surface area (Å²) in [5.74, 6) is 0.295. The van der Waals surface area contributed by atoms with Crippen molar-refractivity contribution in [1.29, 1.82) is 0 Å². The maximum absolute atomic E-state index is 13.3. The summed E-state index contributed by atoms with van der Waals surface area (Å²) in [5.41, 5.74) is 2.03. The number of nitrogens with zero attached hydrogens (tertiary/aromatic N) is 2. The zero-order chi connectivity index (χ0) is 20.8. The first-order valence-corrected chi connectivity index (χ1v) is 9.63. The number of nitrogens with one attached hydrogen (secondary N) is 1. The highest BCUT2D eigenvalue weighted by Gasteiger charge is 2.23. The Bertz CT molecular complexity index is 879. The van der Waals surface area contributed by atoms with Gasteiger partial charge in [0.25, 0.3) is 5.91 Å². The van der Waals surface area contributed by atoms with Crippen LogP contribution in [0.2, 0.25) is 0 Å². The summed E-state index contributed by atoms with van der Waals surface area (Å²) in [6.07, 6.45) is 0. The lowest BCUT2D eigenvalue weighted by Crippen LogP contribution is -2.51. The number of benzene rings is 2. The van der Waals surface area contributed by atoms with Crippen molar-refractivity contribution in [3.63, 3.8) is 0 Å². The highest BCUT2D eigenvalue weighted by Crippen LogP contribution is 2.15. The van der Waals surface area contributed by atoms with Crippen LogP contribution >= 0.6 is 0 Å². The van der Waals surface area contributed by atoms with E-state index in [-0.39, 0.29) is 24.2 Å². The van der Waals surface area contributed by atoms with Gasteiger partial charge < -0.3 is 15.0 Å². The average Bonchev–Trinajstić information content (AvgIpc) is 2.74. The van der Waals surface area contributed by atoms with Crippen LogP contribution in [0.15, 0.2) is 42.5 Å². The normalized spacial score (nSPS) is 14.5. The van der Waals surface area contributed by atoms with Gasteiger partial charge in [-0.15, -0.1) is 0 Å². The molecule has 0 spiro atoms. The van der Waals surface area contributed by atoms with Crippen LogP contribution in [0.3, 0.4) is 0 Å². The molecule has 0 saturated carbocycles. The van der Waals surface area contributed by atoms with Crippen molar-refractivity contribution in [3.05, 3.63) is 65.0 Å². The Kier molecular flexibility index (Phi) is 6.82. The van der Waals surface area contributed by atoms with E-state index in [0.29, 0.717) is 49.6 Å². The van der Waals surface area contributed by atoms with Gasteiger partial charge in [0.05, 0.1) is 13.7 Å². The topological polar surface area (TPSA) is 61.9 Å². The highest BCUT2D eigenvalue weighted by atomic mass is 19.1. The largest absolute Gasteiger partial charge is 0.497 e. The number of hydrogen-bond donors (Lipinski definition) is 1. The lowest BCUT2D eigenvalue weighted by Gasteiger charge is -2.34. The Labute approximate surface area is 170 Å². The lowest BCUT2D eigenvalue weighted by atomic mass is 10.1. The van der Waals surface area contributed by atoms with E-state index in [1.165, 1.54) is 6.07 Å². The summed E-state index contributed by atoms with van der Waals surface area (Å²) in [6.45, 7) is 4.76. The number of carbonyl (C=O) groups excluding carboxylic acids is 2. The van der Waals surface area contributed by atoms with Gasteiger partial charge in [0.15, 0.2) is 0 Å². The number of methoxy groups -OCH3 is 1. The second-order valence-electron chi connectivity index (χ2n) is 7.16. The number of hydrogen-bond acceptors (Lipinski definition) is 4. The summed E-state index contributed by atoms with van der Waals surface area (Å²) >= 11 is 0. The molecule has 6 nitrogen and oxygen atoms in total. The average molecular weight is 399 g/mol. The summed E-state index contributed by atoms with van der Waals surface area (Å²) in [7, 11) is 1.57. The molecule has 0 aromatic heterocycles. The quantitative estimate of drug-likeness (QED) is 0.809. The Morgan fingerprint density at radius 3 is 2.55 bits per heavy atom. The van der Waals surface area contributed by atoms with Crippen molar-refractivity contribution in [2.24, 2.45) is 0 Å². The fourth-order valence-electron chi connectivity index (χ4n) is 3.32. The molecule has 0 aliphatic carbocycles. The minimum atomic E-state index is -0.249. The van der Waals surface area contributed by atoms with E-state index in [4.69, 9.17) is 4.74 Å². The zero-order valence-electron chi connectivity index (χ0n) is 16.8. The molecule has 2 aromatic carbocycles. The van der Waals surface area contributed by atoms with Crippen LogP contribution < -0.4 is 10.1 Å². The van der Waals surface area contributed by atoms with Crippen molar-refractivity contribution in [2.75, 3.05) is 39.8 Å². The third-order valence-corrected chi connectivity index (χ3v) is 5.06. The van der Waals surface area contributed by atoms with Crippen LogP contribution in [-0.2, 0) is 11.3 Å². The Morgan fingerprint density at radius 1 is 1.10 bits per heavy atom. The summed E-state index contributed by atoms with van der Waals surface area (Å²) in [5, 5.41) is 2.87. The van der Waals surface area contributed by atoms with Crippen LogP contribution in [0.4, 0.5) is 4.39 Å². The number of rotatable bonds is 6. The van der Waals surface area contributed by atoms with Crippen LogP contribution in [0.5, 0.6) is 5.75 Å². The third kappa shape index (κ3) is 5.54. The molecule has 3 rings (SSSR count). The van der Waals surface area contributed by atoms with Gasteiger partial charge in [-0.2, -0.15) is 0 Å². The molecule has 2 aromatic rings. The Hall–Kier alpha value is -2.93. The van der Waals surface area contributed by atoms with Gasteiger partial charge in [0.1, 0.15) is 11.6 Å². The molecular weight excluding hydrogens is 373 g/mol. The van der Waals surface area contributed by atoms with Gasteiger partial charge in [-0.05, 0) is 42.3 Å². The minimum absolute atomic E-state index is 0.0281. The fourth-order valence-corrected chi connectivity index (χ4v) is 3.32. The standard InChI is InChI=1S/C22H26FN3O3/c1-16-12-17(6-7-20(16)23)14-24-21(27)15-25-8-10-26(11-9-25)22(28)18-4-3-5-19(13-18)29-2/h3-7,12-13H,8-11,14-15H2,1-2H3,(H,24,27). The van der Waals surface area contributed by atoms with E-state index >= 15 is 0 Å². The van der Waals surface area contributed by atoms with Gasteiger partial charge in [0, 0.05) is 38.3 Å². The zero-order valence-corrected chi connectivity index (χ0v) is 16.8. The first-order valence-electron chi connectivity index (χ1n) is 9.63. The van der Waals surface area contributed by atoms with Crippen molar-refractivity contribution in [1.82, 2.24) is 15.1 Å². The minimum Gasteiger partial charge on any atom is -0.497 e. The van der Waals surface area contributed by atoms with E-state index in [0.717, 1.165) is 5.56 Å². The van der Waals surface area contributed by atoms with E-state index in [1.807, 2.05) is 4.90 Å². The second-order valence-corrected chi connectivity index (χ2v) is 7.16. The van der Waals surface area contributed by atoms with Gasteiger partial charge in [-0.1, -0.05) is 18.2 Å². The van der Waals surface area contributed by atoms with Crippen molar-refractivity contribution < 1.29 is 18.7 Å². The molecule has 154 valence electrons. The van der Waals surface area contributed by atoms with Gasteiger partial charge >= 0.3 is 0 Å². The number of carbonyl (C=O) groups is 2. The molecular formula is C22H26FN3O3.